The first-order valence-electron chi connectivity index (χ1n) is 3.59. The molecule has 7 heteroatoms. The molecule has 0 aromatic rings. The maximum absolute atomic E-state index is 10.5. The lowest BCUT2D eigenvalue weighted by Gasteiger charge is -2.03. The molecular formula is C7H13NO6. The summed E-state index contributed by atoms with van der Waals surface area (Å²) < 4.78 is 4.04. The number of aliphatic carboxylic acids is 1. The Morgan fingerprint density at radius 1 is 1.36 bits per heavy atom. The fourth-order valence-electron chi connectivity index (χ4n) is 0.292. The summed E-state index contributed by atoms with van der Waals surface area (Å²) in [6, 6.07) is -1.12. The minimum atomic E-state index is -1.12. The highest BCUT2D eigenvalue weighted by Gasteiger charge is 2.14. The molecule has 0 heterocycles. The van der Waals surface area contributed by atoms with Crippen LogP contribution in [0.3, 0.4) is 0 Å². The summed E-state index contributed by atoms with van der Waals surface area (Å²) in [6.07, 6.45) is 0. The Kier molecular flexibility index (Phi) is 8.74. The van der Waals surface area contributed by atoms with Crippen molar-refractivity contribution < 1.29 is 29.3 Å². The molecule has 7 nitrogen and oxygen atoms in total. The summed E-state index contributed by atoms with van der Waals surface area (Å²) in [4.78, 5) is 29.6. The van der Waals surface area contributed by atoms with Crippen LogP contribution in [0.2, 0.25) is 0 Å². The van der Waals surface area contributed by atoms with E-state index in [1.54, 1.807) is 0 Å². The largest absolute Gasteiger partial charge is 0.481 e. The van der Waals surface area contributed by atoms with Crippen LogP contribution < -0.4 is 5.73 Å². The van der Waals surface area contributed by atoms with E-state index in [0.29, 0.717) is 0 Å². The highest BCUT2D eigenvalue weighted by Crippen LogP contribution is 1.84. The number of aliphatic hydroxyl groups is 1. The van der Waals surface area contributed by atoms with Crippen LogP contribution in [-0.4, -0.2) is 40.8 Å². The standard InChI is InChI=1S/C5H9NO4.C2H4O2/c1-3(8)10-5(9)4(6)2-7;1-2(3)4/h4,7H,2,6H2,1H3;1H3,(H,3,4)/t4-;/m0./s1. The van der Waals surface area contributed by atoms with Crippen LogP contribution in [0, 0.1) is 0 Å². The lowest BCUT2D eigenvalue weighted by molar-refractivity contribution is -0.159. The predicted octanol–water partition coefficient (Wildman–Crippen LogP) is -1.51. The van der Waals surface area contributed by atoms with E-state index in [0.717, 1.165) is 13.8 Å². The van der Waals surface area contributed by atoms with Gasteiger partial charge in [0.2, 0.25) is 0 Å². The summed E-state index contributed by atoms with van der Waals surface area (Å²) in [5.74, 6) is -2.47. The second-order valence-electron chi connectivity index (χ2n) is 2.22. The molecule has 0 saturated carbocycles. The fourth-order valence-corrected chi connectivity index (χ4v) is 0.292. The van der Waals surface area contributed by atoms with Crippen LogP contribution in [0.1, 0.15) is 13.8 Å². The summed E-state index contributed by atoms with van der Waals surface area (Å²) >= 11 is 0. The first-order chi connectivity index (χ1) is 6.31. The van der Waals surface area contributed by atoms with E-state index < -0.39 is 30.6 Å². The van der Waals surface area contributed by atoms with Gasteiger partial charge < -0.3 is 20.7 Å². The van der Waals surface area contributed by atoms with Gasteiger partial charge in [0, 0.05) is 13.8 Å². The van der Waals surface area contributed by atoms with Gasteiger partial charge in [0.1, 0.15) is 6.04 Å². The maximum atomic E-state index is 10.5. The SMILES string of the molecule is CC(=O)O.CC(=O)OC(=O)[C@@H](N)CO. The third-order valence-corrected chi connectivity index (χ3v) is 0.744. The number of rotatable bonds is 2. The highest BCUT2D eigenvalue weighted by molar-refractivity contribution is 5.87. The number of carbonyl (C=O) groups is 3. The molecule has 0 aliphatic carbocycles. The number of ether oxygens (including phenoxy) is 1. The number of nitrogens with two attached hydrogens (primary N) is 1. The minimum Gasteiger partial charge on any atom is -0.481 e. The number of esters is 2. The third kappa shape index (κ3) is 13.1. The number of carbonyl (C=O) groups excluding carboxylic acids is 2. The monoisotopic (exact) mass is 207 g/mol. The second-order valence-corrected chi connectivity index (χ2v) is 2.22. The molecule has 0 radical (unpaired) electrons. The molecule has 0 unspecified atom stereocenters. The number of hydrogen-bond acceptors (Lipinski definition) is 6. The Labute approximate surface area is 80.5 Å². The summed E-state index contributed by atoms with van der Waals surface area (Å²) in [5.41, 5.74) is 4.99. The van der Waals surface area contributed by atoms with E-state index in [1.165, 1.54) is 0 Å². The molecule has 0 aliphatic heterocycles. The van der Waals surface area contributed by atoms with Crippen LogP contribution in [0.5, 0.6) is 0 Å². The van der Waals surface area contributed by atoms with E-state index in [-0.39, 0.29) is 0 Å². The summed E-state index contributed by atoms with van der Waals surface area (Å²) in [7, 11) is 0. The van der Waals surface area contributed by atoms with Crippen LogP contribution >= 0.6 is 0 Å². The topological polar surface area (TPSA) is 127 Å². The Bertz CT molecular complexity index is 210. The second kappa shape index (κ2) is 8.14. The Morgan fingerprint density at radius 2 is 1.71 bits per heavy atom. The number of carboxylic acid groups (broad SMARTS) is 1. The maximum Gasteiger partial charge on any atom is 0.332 e. The van der Waals surface area contributed by atoms with Crippen molar-refractivity contribution in [2.24, 2.45) is 5.73 Å². The number of hydrogen-bond donors (Lipinski definition) is 3. The molecule has 82 valence electrons. The van der Waals surface area contributed by atoms with Crippen LogP contribution in [-0.2, 0) is 19.1 Å². The number of carboxylic acids is 1. The minimum absolute atomic E-state index is 0.522. The van der Waals surface area contributed by atoms with Crippen molar-refractivity contribution in [1.82, 2.24) is 0 Å². The predicted molar refractivity (Wildman–Crippen MR) is 45.1 cm³/mol. The van der Waals surface area contributed by atoms with Crippen molar-refractivity contribution in [1.29, 1.82) is 0 Å². The number of aliphatic hydroxyl groups excluding tert-OH is 1. The molecule has 1 atom stereocenters. The zero-order valence-corrected chi connectivity index (χ0v) is 7.89. The van der Waals surface area contributed by atoms with Gasteiger partial charge in [-0.3, -0.25) is 9.59 Å². The molecule has 14 heavy (non-hydrogen) atoms. The quantitative estimate of drug-likeness (QED) is 0.371. The van der Waals surface area contributed by atoms with Crippen LogP contribution in [0.4, 0.5) is 0 Å². The Balaban J connectivity index is 0. The van der Waals surface area contributed by atoms with E-state index in [2.05, 4.69) is 4.74 Å². The normalized spacial score (nSPS) is 10.6. The first-order valence-corrected chi connectivity index (χ1v) is 3.59. The van der Waals surface area contributed by atoms with E-state index in [9.17, 15) is 9.59 Å². The van der Waals surface area contributed by atoms with E-state index >= 15 is 0 Å². The zero-order valence-electron chi connectivity index (χ0n) is 7.89. The average molecular weight is 207 g/mol. The van der Waals surface area contributed by atoms with Crippen LogP contribution in [0.25, 0.3) is 0 Å². The molecule has 0 saturated heterocycles. The van der Waals surface area contributed by atoms with Gasteiger partial charge in [0.05, 0.1) is 6.61 Å². The van der Waals surface area contributed by atoms with Crippen molar-refractivity contribution in [2.45, 2.75) is 19.9 Å². The molecule has 4 N–H and O–H groups in total. The first kappa shape index (κ1) is 15.0. The lowest BCUT2D eigenvalue weighted by Crippen LogP contribution is -2.36. The van der Waals surface area contributed by atoms with E-state index in [1.807, 2.05) is 0 Å². The molecule has 0 amide bonds. The van der Waals surface area contributed by atoms with Crippen molar-refractivity contribution in [3.05, 3.63) is 0 Å². The average Bonchev–Trinajstić information content (AvgIpc) is 2.00. The summed E-state index contributed by atoms with van der Waals surface area (Å²) in [6.45, 7) is 1.65. The smallest absolute Gasteiger partial charge is 0.332 e. The van der Waals surface area contributed by atoms with Crippen molar-refractivity contribution >= 4 is 17.9 Å². The van der Waals surface area contributed by atoms with Gasteiger partial charge in [-0.15, -0.1) is 0 Å². The van der Waals surface area contributed by atoms with Gasteiger partial charge in [0.15, 0.2) is 0 Å². The van der Waals surface area contributed by atoms with E-state index in [4.69, 9.17) is 20.7 Å². The fraction of sp³-hybridized carbons (Fsp3) is 0.571. The molecule has 0 aromatic heterocycles. The van der Waals surface area contributed by atoms with Gasteiger partial charge in [0.25, 0.3) is 5.97 Å². The van der Waals surface area contributed by atoms with Crippen molar-refractivity contribution in [3.8, 4) is 0 Å². The zero-order chi connectivity index (χ0) is 11.7. The van der Waals surface area contributed by atoms with Gasteiger partial charge in [-0.25, -0.2) is 4.79 Å². The molecular weight excluding hydrogens is 194 g/mol. The van der Waals surface area contributed by atoms with Gasteiger partial charge in [-0.05, 0) is 0 Å². The molecule has 0 fully saturated rings. The van der Waals surface area contributed by atoms with Gasteiger partial charge >= 0.3 is 11.9 Å². The van der Waals surface area contributed by atoms with Gasteiger partial charge in [-0.2, -0.15) is 0 Å². The Hall–Kier alpha value is -1.47. The molecule has 0 spiro atoms. The van der Waals surface area contributed by atoms with Gasteiger partial charge in [-0.1, -0.05) is 0 Å². The van der Waals surface area contributed by atoms with Crippen LogP contribution in [0.15, 0.2) is 0 Å². The third-order valence-electron chi connectivity index (χ3n) is 0.744. The summed E-state index contributed by atoms with van der Waals surface area (Å²) in [5, 5.41) is 15.7. The lowest BCUT2D eigenvalue weighted by atomic mass is 10.3. The molecule has 0 rings (SSSR count). The van der Waals surface area contributed by atoms with Crippen molar-refractivity contribution in [2.75, 3.05) is 6.61 Å². The Morgan fingerprint density at radius 3 is 1.93 bits per heavy atom. The van der Waals surface area contributed by atoms with Crippen molar-refractivity contribution in [3.63, 3.8) is 0 Å². The molecule has 0 bridgehead atoms. The molecule has 0 aromatic carbocycles. The highest BCUT2D eigenvalue weighted by atomic mass is 16.6. The molecule has 0 aliphatic rings.